The van der Waals surface area contributed by atoms with Crippen LogP contribution in [-0.4, -0.2) is 4.98 Å². The number of nitrogens with zero attached hydrogens (tertiary/aromatic N) is 2. The number of fused-ring (bicyclic) bond motifs is 1. The summed E-state index contributed by atoms with van der Waals surface area (Å²) in [5, 5.41) is 12.3. The van der Waals surface area contributed by atoms with E-state index >= 15 is 0 Å². The van der Waals surface area contributed by atoms with Crippen molar-refractivity contribution in [1.29, 1.82) is 5.26 Å². The first-order valence-corrected chi connectivity index (χ1v) is 8.77. The number of nitriles is 1. The first-order chi connectivity index (χ1) is 12.7. The molecule has 0 radical (unpaired) electrons. The molecule has 0 unspecified atom stereocenters. The van der Waals surface area contributed by atoms with Crippen molar-refractivity contribution < 1.29 is 4.42 Å². The van der Waals surface area contributed by atoms with Crippen molar-refractivity contribution in [3.8, 4) is 6.07 Å². The minimum atomic E-state index is -0.415. The number of thiophene rings is 1. The molecular weight excluding hydrogens is 346 g/mol. The Labute approximate surface area is 153 Å². The Kier molecular flexibility index (Phi) is 4.22. The van der Waals surface area contributed by atoms with Crippen LogP contribution in [-0.2, 0) is 6.42 Å². The molecule has 0 aliphatic carbocycles. The SMILES string of the molecule is N#Cc1ccc(Nc2nc3sc(Cc4ccccc4)cc3c(=O)o2)cc1. The van der Waals surface area contributed by atoms with Gasteiger partial charge in [-0.3, -0.25) is 0 Å². The monoisotopic (exact) mass is 359 g/mol. The van der Waals surface area contributed by atoms with E-state index in [2.05, 4.69) is 28.5 Å². The number of hydrogen-bond donors (Lipinski definition) is 1. The van der Waals surface area contributed by atoms with Crippen LogP contribution in [0.3, 0.4) is 0 Å². The molecule has 126 valence electrons. The number of aromatic nitrogens is 1. The molecule has 0 aliphatic heterocycles. The Hall–Kier alpha value is -3.43. The number of anilines is 2. The van der Waals surface area contributed by atoms with Crippen LogP contribution in [0, 0.1) is 11.3 Å². The third-order valence-electron chi connectivity index (χ3n) is 3.86. The zero-order chi connectivity index (χ0) is 17.9. The second-order valence-corrected chi connectivity index (χ2v) is 6.83. The highest BCUT2D eigenvalue weighted by Crippen LogP contribution is 2.26. The first-order valence-electron chi connectivity index (χ1n) is 7.96. The van der Waals surface area contributed by atoms with Gasteiger partial charge in [0.05, 0.1) is 17.0 Å². The van der Waals surface area contributed by atoms with E-state index in [1.54, 1.807) is 24.3 Å². The predicted octanol–water partition coefficient (Wildman–Crippen LogP) is 4.46. The molecule has 0 saturated carbocycles. The fourth-order valence-corrected chi connectivity index (χ4v) is 3.65. The van der Waals surface area contributed by atoms with Crippen LogP contribution in [0.15, 0.2) is 69.9 Å². The van der Waals surface area contributed by atoms with Gasteiger partial charge in [0.2, 0.25) is 0 Å². The number of nitrogens with one attached hydrogen (secondary N) is 1. The van der Waals surface area contributed by atoms with Crippen LogP contribution in [0.2, 0.25) is 0 Å². The van der Waals surface area contributed by atoms with Crippen LogP contribution in [0.5, 0.6) is 0 Å². The van der Waals surface area contributed by atoms with Gasteiger partial charge in [-0.25, -0.2) is 4.79 Å². The van der Waals surface area contributed by atoms with Gasteiger partial charge in [-0.05, 0) is 35.9 Å². The fraction of sp³-hybridized carbons (Fsp3) is 0.0500. The Bertz CT molecular complexity index is 1160. The summed E-state index contributed by atoms with van der Waals surface area (Å²) in [7, 11) is 0. The lowest BCUT2D eigenvalue weighted by molar-refractivity contribution is 0.522. The van der Waals surface area contributed by atoms with E-state index in [9.17, 15) is 4.79 Å². The number of rotatable bonds is 4. The highest BCUT2D eigenvalue weighted by molar-refractivity contribution is 7.18. The molecule has 26 heavy (non-hydrogen) atoms. The van der Waals surface area contributed by atoms with Gasteiger partial charge >= 0.3 is 11.6 Å². The molecule has 0 atom stereocenters. The molecule has 4 rings (SSSR count). The molecule has 1 N–H and O–H groups in total. The van der Waals surface area contributed by atoms with E-state index in [0.717, 1.165) is 11.3 Å². The number of hydrogen-bond acceptors (Lipinski definition) is 6. The summed E-state index contributed by atoms with van der Waals surface area (Å²) in [5.41, 5.74) is 2.02. The van der Waals surface area contributed by atoms with Crippen molar-refractivity contribution >= 4 is 33.3 Å². The summed E-state index contributed by atoms with van der Waals surface area (Å²) in [5.74, 6) is 0. The lowest BCUT2D eigenvalue weighted by atomic mass is 10.1. The van der Waals surface area contributed by atoms with Gasteiger partial charge in [-0.2, -0.15) is 10.2 Å². The highest BCUT2D eigenvalue weighted by Gasteiger charge is 2.11. The Morgan fingerprint density at radius 1 is 1.12 bits per heavy atom. The predicted molar refractivity (Wildman–Crippen MR) is 102 cm³/mol. The lowest BCUT2D eigenvalue weighted by Gasteiger charge is -2.03. The van der Waals surface area contributed by atoms with Crippen molar-refractivity contribution in [1.82, 2.24) is 4.98 Å². The van der Waals surface area contributed by atoms with E-state index in [4.69, 9.17) is 9.68 Å². The topological polar surface area (TPSA) is 78.9 Å². The minimum absolute atomic E-state index is 0.139. The second kappa shape index (κ2) is 6.82. The standard InChI is InChI=1S/C20H13N3O2S/c21-12-14-6-8-15(9-7-14)22-20-23-18-17(19(24)25-20)11-16(26-18)10-13-4-2-1-3-5-13/h1-9,11H,10H2,(H,22,23). The Balaban J connectivity index is 1.63. The fourth-order valence-electron chi connectivity index (χ4n) is 2.61. The average Bonchev–Trinajstić information content (AvgIpc) is 3.06. The summed E-state index contributed by atoms with van der Waals surface area (Å²) in [6, 6.07) is 21.0. The summed E-state index contributed by atoms with van der Waals surface area (Å²) in [4.78, 5) is 18.4. The molecular formula is C20H13N3O2S. The maximum atomic E-state index is 12.3. The molecule has 0 fully saturated rings. The molecule has 2 aromatic heterocycles. The molecule has 2 heterocycles. The van der Waals surface area contributed by atoms with Crippen molar-refractivity contribution in [3.05, 3.63) is 87.1 Å². The quantitative estimate of drug-likeness (QED) is 0.582. The maximum absolute atomic E-state index is 12.3. The zero-order valence-electron chi connectivity index (χ0n) is 13.6. The van der Waals surface area contributed by atoms with Crippen molar-refractivity contribution in [3.63, 3.8) is 0 Å². The molecule has 6 heteroatoms. The van der Waals surface area contributed by atoms with Gasteiger partial charge in [0.15, 0.2) is 0 Å². The zero-order valence-corrected chi connectivity index (χ0v) is 14.4. The summed E-state index contributed by atoms with van der Waals surface area (Å²) in [6.45, 7) is 0. The van der Waals surface area contributed by atoms with E-state index in [-0.39, 0.29) is 6.01 Å². The van der Waals surface area contributed by atoms with Gasteiger partial charge in [-0.1, -0.05) is 30.3 Å². The maximum Gasteiger partial charge on any atom is 0.349 e. The largest absolute Gasteiger partial charge is 0.388 e. The molecule has 4 aromatic rings. The van der Waals surface area contributed by atoms with Crippen LogP contribution in [0.1, 0.15) is 16.0 Å². The van der Waals surface area contributed by atoms with E-state index < -0.39 is 5.63 Å². The van der Waals surface area contributed by atoms with Gasteiger partial charge in [0, 0.05) is 17.0 Å². The molecule has 0 amide bonds. The first kappa shape index (κ1) is 16.1. The van der Waals surface area contributed by atoms with E-state index in [1.807, 2.05) is 24.3 Å². The van der Waals surface area contributed by atoms with Gasteiger partial charge < -0.3 is 9.73 Å². The summed E-state index contributed by atoms with van der Waals surface area (Å²) >= 11 is 1.48. The molecule has 2 aromatic carbocycles. The lowest BCUT2D eigenvalue weighted by Crippen LogP contribution is -2.03. The van der Waals surface area contributed by atoms with Gasteiger partial charge in [0.1, 0.15) is 4.83 Å². The van der Waals surface area contributed by atoms with Gasteiger partial charge in [0.25, 0.3) is 0 Å². The van der Waals surface area contributed by atoms with E-state index in [1.165, 1.54) is 16.9 Å². The molecule has 5 nitrogen and oxygen atoms in total. The molecule has 0 bridgehead atoms. The smallest absolute Gasteiger partial charge is 0.349 e. The normalized spacial score (nSPS) is 10.6. The Morgan fingerprint density at radius 3 is 2.62 bits per heavy atom. The molecule has 0 saturated heterocycles. The third kappa shape index (κ3) is 3.34. The molecule has 0 aliphatic rings. The van der Waals surface area contributed by atoms with Crippen molar-refractivity contribution in [2.75, 3.05) is 5.32 Å². The third-order valence-corrected chi connectivity index (χ3v) is 4.89. The summed E-state index contributed by atoms with van der Waals surface area (Å²) in [6.07, 6.45) is 0.750. The van der Waals surface area contributed by atoms with Gasteiger partial charge in [-0.15, -0.1) is 11.3 Å². The van der Waals surface area contributed by atoms with Crippen LogP contribution in [0.4, 0.5) is 11.7 Å². The second-order valence-electron chi connectivity index (χ2n) is 5.71. The summed E-state index contributed by atoms with van der Waals surface area (Å²) < 4.78 is 5.28. The van der Waals surface area contributed by atoms with Crippen molar-refractivity contribution in [2.45, 2.75) is 6.42 Å². The van der Waals surface area contributed by atoms with Crippen LogP contribution < -0.4 is 10.9 Å². The van der Waals surface area contributed by atoms with Crippen LogP contribution in [0.25, 0.3) is 10.2 Å². The number of benzene rings is 2. The highest BCUT2D eigenvalue weighted by atomic mass is 32.1. The minimum Gasteiger partial charge on any atom is -0.388 e. The van der Waals surface area contributed by atoms with E-state index in [0.29, 0.717) is 21.5 Å². The Morgan fingerprint density at radius 2 is 1.88 bits per heavy atom. The van der Waals surface area contributed by atoms with Crippen LogP contribution >= 0.6 is 11.3 Å². The molecule has 0 spiro atoms. The average molecular weight is 359 g/mol. The van der Waals surface area contributed by atoms with Crippen molar-refractivity contribution in [2.24, 2.45) is 0 Å².